The highest BCUT2D eigenvalue weighted by Crippen LogP contribution is 2.25. The summed E-state index contributed by atoms with van der Waals surface area (Å²) >= 11 is 7.63. The number of nitrogens with zero attached hydrogens (tertiary/aromatic N) is 3. The maximum atomic E-state index is 11.1. The Morgan fingerprint density at radius 1 is 1.28 bits per heavy atom. The van der Waals surface area contributed by atoms with E-state index in [-0.39, 0.29) is 0 Å². The normalized spacial score (nSPS) is 12.1. The van der Waals surface area contributed by atoms with Crippen LogP contribution < -0.4 is 10.6 Å². The number of rotatable bonds is 6. The second-order valence-corrected chi connectivity index (χ2v) is 8.10. The molecule has 0 saturated carbocycles. The van der Waals surface area contributed by atoms with E-state index in [1.807, 2.05) is 61.3 Å². The molecule has 0 bridgehead atoms. The van der Waals surface area contributed by atoms with Crippen LogP contribution in [0.2, 0.25) is 5.02 Å². The highest BCUT2D eigenvalue weighted by atomic mass is 35.5. The molecule has 0 atom stereocenters. The molecular formula is C21H22ClN5OS. The first-order valence-corrected chi connectivity index (χ1v) is 10.2. The molecule has 1 heterocycles. The highest BCUT2D eigenvalue weighted by Gasteiger charge is 2.10. The molecule has 150 valence electrons. The summed E-state index contributed by atoms with van der Waals surface area (Å²) in [6, 6.07) is 13.7. The zero-order valence-electron chi connectivity index (χ0n) is 16.4. The van der Waals surface area contributed by atoms with E-state index in [4.69, 9.17) is 11.6 Å². The van der Waals surface area contributed by atoms with Crippen molar-refractivity contribution < 1.29 is 4.79 Å². The van der Waals surface area contributed by atoms with Crippen LogP contribution in [0.3, 0.4) is 0 Å². The number of aromatic nitrogens is 1. The number of allylic oxidation sites excluding steroid dienone is 1. The minimum Gasteiger partial charge on any atom is -0.384 e. The monoisotopic (exact) mass is 427 g/mol. The van der Waals surface area contributed by atoms with Gasteiger partial charge in [0.15, 0.2) is 6.29 Å². The van der Waals surface area contributed by atoms with E-state index in [0.29, 0.717) is 23.2 Å². The molecule has 1 aromatic heterocycles. The molecule has 0 aliphatic heterocycles. The van der Waals surface area contributed by atoms with Crippen molar-refractivity contribution in [1.29, 1.82) is 0 Å². The molecular weight excluding hydrogens is 406 g/mol. The smallest absolute Gasteiger partial charge is 0.203 e. The van der Waals surface area contributed by atoms with Gasteiger partial charge in [0.05, 0.1) is 27.1 Å². The standard InChI is InChI=1S/C21H22ClN5OS/c1-14-25-19-9-8-17(10-20(19)29-14)26-21(24-11-18(13-28)23-2)27(3)12-15-4-6-16(22)7-5-15/h4-11,13,23H,12H2,1-3H3,(H,24,26)/b18-11+. The van der Waals surface area contributed by atoms with Gasteiger partial charge >= 0.3 is 0 Å². The number of thiazole rings is 1. The van der Waals surface area contributed by atoms with E-state index in [0.717, 1.165) is 32.8 Å². The van der Waals surface area contributed by atoms with Crippen LogP contribution in [0.15, 0.2) is 59.4 Å². The molecule has 0 amide bonds. The third kappa shape index (κ3) is 5.56. The summed E-state index contributed by atoms with van der Waals surface area (Å²) in [5.74, 6) is 0.607. The molecule has 0 spiro atoms. The quantitative estimate of drug-likeness (QED) is 0.264. The van der Waals surface area contributed by atoms with Crippen LogP contribution in [0.1, 0.15) is 10.6 Å². The molecule has 29 heavy (non-hydrogen) atoms. The lowest BCUT2D eigenvalue weighted by molar-refractivity contribution is -0.105. The number of likely N-dealkylation sites (N-methyl/N-ethyl adjacent to an activating group) is 1. The Balaban J connectivity index is 1.88. The number of aldehydes is 1. The third-order valence-corrected chi connectivity index (χ3v) is 5.37. The van der Waals surface area contributed by atoms with Crippen molar-refractivity contribution in [3.05, 3.63) is 70.0 Å². The van der Waals surface area contributed by atoms with Crippen LogP contribution in [0.25, 0.3) is 10.2 Å². The Kier molecular flexibility index (Phi) is 6.85. The summed E-state index contributed by atoms with van der Waals surface area (Å²) in [6.07, 6.45) is 2.23. The average Bonchev–Trinajstić information content (AvgIpc) is 3.08. The molecule has 0 fully saturated rings. The van der Waals surface area contributed by atoms with Crippen LogP contribution in [0, 0.1) is 6.92 Å². The Hall–Kier alpha value is -2.90. The molecule has 0 aliphatic carbocycles. The lowest BCUT2D eigenvalue weighted by Crippen LogP contribution is -2.32. The SMILES string of the molecule is CN/C(C=O)=C/N=C(Nc1ccc2nc(C)sc2c1)N(C)Cc1ccc(Cl)cc1. The van der Waals surface area contributed by atoms with Crippen LogP contribution in [0.4, 0.5) is 5.69 Å². The van der Waals surface area contributed by atoms with E-state index >= 15 is 0 Å². The maximum Gasteiger partial charge on any atom is 0.203 e. The Bertz CT molecular complexity index is 1060. The summed E-state index contributed by atoms with van der Waals surface area (Å²) in [5, 5.41) is 7.89. The maximum absolute atomic E-state index is 11.1. The van der Waals surface area contributed by atoms with Gasteiger partial charge in [0.25, 0.3) is 0 Å². The van der Waals surface area contributed by atoms with E-state index in [1.165, 1.54) is 6.20 Å². The molecule has 0 unspecified atom stereocenters. The van der Waals surface area contributed by atoms with Gasteiger partial charge in [-0.1, -0.05) is 23.7 Å². The zero-order valence-corrected chi connectivity index (χ0v) is 18.0. The number of hydrogen-bond donors (Lipinski definition) is 2. The summed E-state index contributed by atoms with van der Waals surface area (Å²) in [5.41, 5.74) is 3.35. The van der Waals surface area contributed by atoms with Gasteiger partial charge in [-0.2, -0.15) is 0 Å². The van der Waals surface area contributed by atoms with Gasteiger partial charge in [-0.25, -0.2) is 9.98 Å². The number of aliphatic imine (C=N–C) groups is 1. The third-order valence-electron chi connectivity index (χ3n) is 4.19. The van der Waals surface area contributed by atoms with Gasteiger partial charge in [-0.15, -0.1) is 11.3 Å². The Morgan fingerprint density at radius 2 is 2.03 bits per heavy atom. The zero-order chi connectivity index (χ0) is 20.8. The molecule has 3 rings (SSSR count). The van der Waals surface area contributed by atoms with Gasteiger partial charge in [-0.05, 0) is 42.8 Å². The second-order valence-electron chi connectivity index (χ2n) is 6.43. The first-order chi connectivity index (χ1) is 14.0. The first-order valence-electron chi connectivity index (χ1n) is 8.99. The molecule has 2 aromatic carbocycles. The van der Waals surface area contributed by atoms with Gasteiger partial charge < -0.3 is 15.5 Å². The highest BCUT2D eigenvalue weighted by molar-refractivity contribution is 7.18. The predicted octanol–water partition coefficient (Wildman–Crippen LogP) is 4.42. The number of carbonyl (C=O) groups is 1. The molecule has 2 N–H and O–H groups in total. The minimum absolute atomic E-state index is 0.387. The van der Waals surface area contributed by atoms with Gasteiger partial charge in [-0.3, -0.25) is 4.79 Å². The summed E-state index contributed by atoms with van der Waals surface area (Å²) < 4.78 is 1.10. The fourth-order valence-corrected chi connectivity index (χ4v) is 3.69. The fraction of sp³-hybridized carbons (Fsp3) is 0.190. The Morgan fingerprint density at radius 3 is 2.72 bits per heavy atom. The predicted molar refractivity (Wildman–Crippen MR) is 122 cm³/mol. The van der Waals surface area contributed by atoms with Gasteiger partial charge in [0.1, 0.15) is 0 Å². The molecule has 0 saturated heterocycles. The number of guanidine groups is 1. The number of nitrogens with one attached hydrogen (secondary N) is 2. The van der Waals surface area contributed by atoms with Crippen LogP contribution in [-0.2, 0) is 11.3 Å². The largest absolute Gasteiger partial charge is 0.384 e. The molecule has 6 nitrogen and oxygen atoms in total. The van der Waals surface area contributed by atoms with Crippen molar-refractivity contribution in [2.45, 2.75) is 13.5 Å². The fourth-order valence-electron chi connectivity index (χ4n) is 2.70. The number of aryl methyl sites for hydroxylation is 1. The lowest BCUT2D eigenvalue weighted by Gasteiger charge is -2.22. The van der Waals surface area contributed by atoms with E-state index in [9.17, 15) is 4.79 Å². The van der Waals surface area contributed by atoms with Crippen molar-refractivity contribution >= 4 is 51.1 Å². The van der Waals surface area contributed by atoms with Crippen LogP contribution in [-0.4, -0.2) is 36.2 Å². The molecule has 3 aromatic rings. The lowest BCUT2D eigenvalue weighted by atomic mass is 10.2. The minimum atomic E-state index is 0.387. The summed E-state index contributed by atoms with van der Waals surface area (Å²) in [4.78, 5) is 22.1. The number of carbonyl (C=O) groups excluding carboxylic acids is 1. The molecule has 0 aliphatic rings. The summed E-state index contributed by atoms with van der Waals surface area (Å²) in [6.45, 7) is 2.61. The van der Waals surface area contributed by atoms with Crippen molar-refractivity contribution in [3.8, 4) is 0 Å². The van der Waals surface area contributed by atoms with Crippen molar-refractivity contribution in [2.75, 3.05) is 19.4 Å². The van der Waals surface area contributed by atoms with Crippen LogP contribution in [0.5, 0.6) is 0 Å². The van der Waals surface area contributed by atoms with Gasteiger partial charge in [0.2, 0.25) is 5.96 Å². The number of anilines is 1. The average molecular weight is 428 g/mol. The van der Waals surface area contributed by atoms with E-state index in [1.54, 1.807) is 18.4 Å². The Labute approximate surface area is 178 Å². The number of halogens is 1. The van der Waals surface area contributed by atoms with E-state index in [2.05, 4.69) is 20.6 Å². The topological polar surface area (TPSA) is 69.6 Å². The van der Waals surface area contributed by atoms with Crippen molar-refractivity contribution in [1.82, 2.24) is 15.2 Å². The number of fused-ring (bicyclic) bond motifs is 1. The summed E-state index contributed by atoms with van der Waals surface area (Å²) in [7, 11) is 3.62. The number of hydrogen-bond acceptors (Lipinski definition) is 5. The molecule has 0 radical (unpaired) electrons. The first kappa shape index (κ1) is 20.8. The van der Waals surface area contributed by atoms with Crippen molar-refractivity contribution in [3.63, 3.8) is 0 Å². The molecule has 8 heteroatoms. The van der Waals surface area contributed by atoms with Crippen molar-refractivity contribution in [2.24, 2.45) is 4.99 Å². The van der Waals surface area contributed by atoms with Crippen LogP contribution >= 0.6 is 22.9 Å². The second kappa shape index (κ2) is 9.54. The van der Waals surface area contributed by atoms with Gasteiger partial charge in [0, 0.05) is 31.4 Å². The number of benzene rings is 2. The van der Waals surface area contributed by atoms with E-state index < -0.39 is 0 Å².